The molecule has 1 aromatic carbocycles. The highest BCUT2D eigenvalue weighted by Crippen LogP contribution is 2.22. The van der Waals surface area contributed by atoms with Crippen molar-refractivity contribution in [1.29, 1.82) is 0 Å². The zero-order valence-corrected chi connectivity index (χ0v) is 13.2. The van der Waals surface area contributed by atoms with Crippen LogP contribution in [-0.4, -0.2) is 5.91 Å². The minimum Gasteiger partial charge on any atom is -0.619 e. The van der Waals surface area contributed by atoms with Crippen molar-refractivity contribution >= 4 is 11.6 Å². The number of amides is 1. The van der Waals surface area contributed by atoms with Crippen LogP contribution in [0.15, 0.2) is 48.8 Å². The minimum absolute atomic E-state index is 0.0911. The Bertz CT molecular complexity index is 636. The Morgan fingerprint density at radius 3 is 2.36 bits per heavy atom. The lowest BCUT2D eigenvalue weighted by molar-refractivity contribution is -0.604. The zero-order valence-electron chi connectivity index (χ0n) is 13.2. The van der Waals surface area contributed by atoms with Crippen molar-refractivity contribution in [2.75, 3.05) is 5.32 Å². The second-order valence-electron chi connectivity index (χ2n) is 5.93. The Kier molecular flexibility index (Phi) is 5.15. The number of carbonyl (C=O) groups is 1. The summed E-state index contributed by atoms with van der Waals surface area (Å²) in [5.41, 5.74) is 2.96. The molecule has 1 heterocycles. The molecule has 0 aliphatic heterocycles. The lowest BCUT2D eigenvalue weighted by atomic mass is 9.94. The molecule has 0 bridgehead atoms. The van der Waals surface area contributed by atoms with Crippen LogP contribution in [0.1, 0.15) is 50.2 Å². The topological polar surface area (TPSA) is 56.0 Å². The highest BCUT2D eigenvalue weighted by molar-refractivity contribution is 5.90. The summed E-state index contributed by atoms with van der Waals surface area (Å²) in [6, 6.07) is 11.7. The van der Waals surface area contributed by atoms with Gasteiger partial charge in [-0.25, -0.2) is 0 Å². The van der Waals surface area contributed by atoms with Crippen molar-refractivity contribution in [2.45, 2.75) is 39.0 Å². The van der Waals surface area contributed by atoms with E-state index in [1.165, 1.54) is 18.0 Å². The first kappa shape index (κ1) is 16.0. The molecule has 1 N–H and O–H groups in total. The molecule has 1 amide bonds. The number of pyridine rings is 1. The molecule has 2 aromatic rings. The minimum atomic E-state index is -0.0911. The molecule has 0 aliphatic carbocycles. The first-order valence-electron chi connectivity index (χ1n) is 7.54. The smallest absolute Gasteiger partial charge is 0.225 e. The van der Waals surface area contributed by atoms with Gasteiger partial charge in [-0.2, -0.15) is 4.73 Å². The summed E-state index contributed by atoms with van der Waals surface area (Å²) in [5, 5.41) is 13.9. The lowest BCUT2D eigenvalue weighted by Gasteiger charge is -2.13. The number of nitrogens with zero attached hydrogens (tertiary/aromatic N) is 1. The third-order valence-electron chi connectivity index (χ3n) is 3.72. The predicted octanol–water partition coefficient (Wildman–Crippen LogP) is 3.58. The van der Waals surface area contributed by atoms with Gasteiger partial charge in [0, 0.05) is 12.5 Å². The van der Waals surface area contributed by atoms with Crippen molar-refractivity contribution in [2.24, 2.45) is 0 Å². The number of carbonyl (C=O) groups excluding carboxylic acids is 1. The molecule has 0 saturated carbocycles. The van der Waals surface area contributed by atoms with Gasteiger partial charge in [0.1, 0.15) is 5.69 Å². The summed E-state index contributed by atoms with van der Waals surface area (Å²) in [6.07, 6.45) is 3.11. The molecule has 4 nitrogen and oxygen atoms in total. The Balaban J connectivity index is 1.96. The maximum absolute atomic E-state index is 12.1. The van der Waals surface area contributed by atoms with Gasteiger partial charge in [0.05, 0.1) is 0 Å². The first-order valence-corrected chi connectivity index (χ1v) is 7.54. The number of rotatable bonds is 5. The van der Waals surface area contributed by atoms with Gasteiger partial charge in [0.25, 0.3) is 0 Å². The van der Waals surface area contributed by atoms with Gasteiger partial charge in [-0.1, -0.05) is 45.0 Å². The highest BCUT2D eigenvalue weighted by Gasteiger charge is 2.12. The van der Waals surface area contributed by atoms with Crippen LogP contribution in [0.2, 0.25) is 0 Å². The number of hydrogen-bond acceptors (Lipinski definition) is 2. The van der Waals surface area contributed by atoms with Crippen LogP contribution < -0.4 is 10.0 Å². The molecule has 0 spiro atoms. The molecule has 0 saturated heterocycles. The van der Waals surface area contributed by atoms with Crippen LogP contribution in [0.25, 0.3) is 0 Å². The Hall–Kier alpha value is -2.36. The van der Waals surface area contributed by atoms with Crippen LogP contribution in [0.5, 0.6) is 0 Å². The normalized spacial score (nSPS) is 12.2. The number of anilines is 1. The third-order valence-corrected chi connectivity index (χ3v) is 3.72. The fourth-order valence-corrected chi connectivity index (χ4v) is 2.35. The van der Waals surface area contributed by atoms with E-state index in [0.717, 1.165) is 5.56 Å². The number of hydrogen-bond donors (Lipinski definition) is 1. The van der Waals surface area contributed by atoms with Gasteiger partial charge < -0.3 is 10.5 Å². The van der Waals surface area contributed by atoms with E-state index in [2.05, 4.69) is 43.4 Å². The van der Waals surface area contributed by atoms with E-state index in [1.54, 1.807) is 12.1 Å². The third kappa shape index (κ3) is 4.32. The lowest BCUT2D eigenvalue weighted by Crippen LogP contribution is -2.25. The molecule has 0 aliphatic rings. The van der Waals surface area contributed by atoms with Crippen LogP contribution >= 0.6 is 0 Å². The summed E-state index contributed by atoms with van der Waals surface area (Å²) in [7, 11) is 0. The van der Waals surface area contributed by atoms with Crippen molar-refractivity contribution in [3.8, 4) is 0 Å². The van der Waals surface area contributed by atoms with E-state index in [0.29, 0.717) is 22.8 Å². The van der Waals surface area contributed by atoms with E-state index in [1.807, 2.05) is 6.92 Å². The average molecular weight is 298 g/mol. The first-order chi connectivity index (χ1) is 10.5. The van der Waals surface area contributed by atoms with E-state index in [4.69, 9.17) is 0 Å². The van der Waals surface area contributed by atoms with Crippen molar-refractivity contribution < 1.29 is 9.52 Å². The van der Waals surface area contributed by atoms with Gasteiger partial charge in [-0.05, 0) is 29.0 Å². The molecule has 116 valence electrons. The second-order valence-corrected chi connectivity index (χ2v) is 5.93. The van der Waals surface area contributed by atoms with E-state index in [9.17, 15) is 10.0 Å². The van der Waals surface area contributed by atoms with Gasteiger partial charge >= 0.3 is 0 Å². The maximum atomic E-state index is 12.1. The number of nitrogens with one attached hydrogen (secondary N) is 1. The molecule has 1 atom stereocenters. The van der Waals surface area contributed by atoms with E-state index in [-0.39, 0.29) is 11.8 Å². The molecular formula is C18H22N2O2. The Morgan fingerprint density at radius 1 is 1.14 bits per heavy atom. The average Bonchev–Trinajstić information content (AvgIpc) is 2.47. The molecular weight excluding hydrogens is 276 g/mol. The summed E-state index contributed by atoms with van der Waals surface area (Å²) in [4.78, 5) is 12.1. The molecule has 1 aromatic heterocycles. The van der Waals surface area contributed by atoms with Crippen LogP contribution in [0.3, 0.4) is 0 Å². The predicted molar refractivity (Wildman–Crippen MR) is 87.6 cm³/mol. The fourth-order valence-electron chi connectivity index (χ4n) is 2.35. The number of benzene rings is 1. The largest absolute Gasteiger partial charge is 0.619 e. The number of aromatic nitrogens is 1. The second kappa shape index (κ2) is 7.07. The highest BCUT2D eigenvalue weighted by atomic mass is 16.5. The zero-order chi connectivity index (χ0) is 16.1. The summed E-state index contributed by atoms with van der Waals surface area (Å²) in [6.45, 7) is 6.35. The Labute approximate surface area is 131 Å². The Morgan fingerprint density at radius 2 is 1.77 bits per heavy atom. The van der Waals surface area contributed by atoms with Crippen molar-refractivity contribution in [3.05, 3.63) is 65.1 Å². The van der Waals surface area contributed by atoms with Crippen LogP contribution in [-0.2, 0) is 4.79 Å². The van der Waals surface area contributed by atoms with Crippen molar-refractivity contribution in [3.63, 3.8) is 0 Å². The molecule has 0 radical (unpaired) electrons. The maximum Gasteiger partial charge on any atom is 0.225 e. The molecule has 22 heavy (non-hydrogen) atoms. The quantitative estimate of drug-likeness (QED) is 0.677. The molecule has 4 heteroatoms. The summed E-state index contributed by atoms with van der Waals surface area (Å²) >= 11 is 0. The monoisotopic (exact) mass is 298 g/mol. The molecule has 0 fully saturated rings. The van der Waals surface area contributed by atoms with Crippen LogP contribution in [0.4, 0.5) is 5.69 Å². The van der Waals surface area contributed by atoms with Crippen molar-refractivity contribution in [1.82, 2.24) is 0 Å². The summed E-state index contributed by atoms with van der Waals surface area (Å²) in [5.74, 6) is 0.542. The van der Waals surface area contributed by atoms with Gasteiger partial charge in [0.2, 0.25) is 12.1 Å². The van der Waals surface area contributed by atoms with Gasteiger partial charge in [-0.15, -0.1) is 0 Å². The molecule has 2 rings (SSSR count). The van der Waals surface area contributed by atoms with Gasteiger partial charge in [0.15, 0.2) is 6.20 Å². The van der Waals surface area contributed by atoms with E-state index >= 15 is 0 Å². The van der Waals surface area contributed by atoms with Gasteiger partial charge in [-0.3, -0.25) is 4.79 Å². The summed E-state index contributed by atoms with van der Waals surface area (Å²) < 4.78 is 0.670. The standard InChI is InChI=1S/C18H22N2O2/c1-13(2)15-6-8-16(9-7-15)14(3)11-18(21)19-17-5-4-10-20(22)12-17/h4-10,12-14H,11H2,1-3H3,(H,19,21)/t14-/m0/s1. The fraction of sp³-hybridized carbons (Fsp3) is 0.333. The molecule has 0 unspecified atom stereocenters. The van der Waals surface area contributed by atoms with E-state index < -0.39 is 0 Å². The van der Waals surface area contributed by atoms with Crippen LogP contribution in [0, 0.1) is 5.21 Å². The SMILES string of the molecule is CC(C)c1ccc([C@@H](C)CC(=O)Nc2ccc[n+]([O-])c2)cc1.